The van der Waals surface area contributed by atoms with Crippen molar-refractivity contribution in [2.45, 2.75) is 32.7 Å². The molecule has 0 saturated carbocycles. The summed E-state index contributed by atoms with van der Waals surface area (Å²) in [6.07, 6.45) is 0.599. The van der Waals surface area contributed by atoms with Gasteiger partial charge in [0.25, 0.3) is 0 Å². The number of phenols is 1. The molecule has 0 spiro atoms. The summed E-state index contributed by atoms with van der Waals surface area (Å²) in [7, 11) is 1.52. The van der Waals surface area contributed by atoms with Gasteiger partial charge in [-0.1, -0.05) is 19.9 Å². The molecule has 4 nitrogen and oxygen atoms in total. The quantitative estimate of drug-likeness (QED) is 0.856. The van der Waals surface area contributed by atoms with Crippen LogP contribution in [0.1, 0.15) is 26.3 Å². The van der Waals surface area contributed by atoms with Crippen molar-refractivity contribution in [2.75, 3.05) is 20.2 Å². The van der Waals surface area contributed by atoms with Crippen LogP contribution in [0.4, 0.5) is 0 Å². The molecule has 0 fully saturated rings. The standard InChI is InChI=1S/C15H22N2O2/c1-5-17(6-2)15(3,11-16)10-12-7-8-13(18)14(9-12)19-4/h7-9,18H,5-6,10H2,1-4H3. The maximum atomic E-state index is 9.59. The molecule has 1 atom stereocenters. The van der Waals surface area contributed by atoms with Crippen LogP contribution < -0.4 is 4.74 Å². The van der Waals surface area contributed by atoms with E-state index in [1.54, 1.807) is 12.1 Å². The average Bonchev–Trinajstić information content (AvgIpc) is 2.42. The monoisotopic (exact) mass is 262 g/mol. The summed E-state index contributed by atoms with van der Waals surface area (Å²) in [4.78, 5) is 2.13. The highest BCUT2D eigenvalue weighted by Crippen LogP contribution is 2.29. The second kappa shape index (κ2) is 6.44. The van der Waals surface area contributed by atoms with Gasteiger partial charge in [0.15, 0.2) is 11.5 Å². The van der Waals surface area contributed by atoms with Crippen molar-refractivity contribution in [2.24, 2.45) is 0 Å². The highest BCUT2D eigenvalue weighted by atomic mass is 16.5. The lowest BCUT2D eigenvalue weighted by Gasteiger charge is -2.34. The van der Waals surface area contributed by atoms with E-state index in [-0.39, 0.29) is 5.75 Å². The SMILES string of the molecule is CCN(CC)C(C)(C#N)Cc1ccc(O)c(OC)c1. The molecule has 0 amide bonds. The third-order valence-corrected chi connectivity index (χ3v) is 3.49. The minimum Gasteiger partial charge on any atom is -0.504 e. The van der Waals surface area contributed by atoms with Crippen molar-refractivity contribution in [3.05, 3.63) is 23.8 Å². The van der Waals surface area contributed by atoms with Crippen LogP contribution in [-0.4, -0.2) is 35.7 Å². The fourth-order valence-electron chi connectivity index (χ4n) is 2.37. The number of phenolic OH excluding ortho intramolecular Hbond substituents is 1. The second-order valence-electron chi connectivity index (χ2n) is 4.74. The maximum Gasteiger partial charge on any atom is 0.160 e. The summed E-state index contributed by atoms with van der Waals surface area (Å²) in [6.45, 7) is 7.71. The van der Waals surface area contributed by atoms with E-state index in [1.807, 2.05) is 13.0 Å². The lowest BCUT2D eigenvalue weighted by molar-refractivity contribution is 0.169. The number of hydrogen-bond acceptors (Lipinski definition) is 4. The molecule has 0 aliphatic heterocycles. The fourth-order valence-corrected chi connectivity index (χ4v) is 2.37. The first-order valence-electron chi connectivity index (χ1n) is 6.53. The molecular weight excluding hydrogens is 240 g/mol. The Morgan fingerprint density at radius 3 is 2.47 bits per heavy atom. The molecule has 0 radical (unpaired) electrons. The number of benzene rings is 1. The van der Waals surface area contributed by atoms with Gasteiger partial charge in [0, 0.05) is 6.42 Å². The zero-order valence-corrected chi connectivity index (χ0v) is 12.1. The van der Waals surface area contributed by atoms with Crippen molar-refractivity contribution >= 4 is 0 Å². The summed E-state index contributed by atoms with van der Waals surface area (Å²) in [5.74, 6) is 0.560. The minimum absolute atomic E-state index is 0.118. The highest BCUT2D eigenvalue weighted by molar-refractivity contribution is 5.42. The summed E-state index contributed by atoms with van der Waals surface area (Å²) in [5.41, 5.74) is 0.427. The van der Waals surface area contributed by atoms with Crippen LogP contribution in [0.25, 0.3) is 0 Å². The molecule has 19 heavy (non-hydrogen) atoms. The van der Waals surface area contributed by atoms with E-state index in [2.05, 4.69) is 24.8 Å². The molecule has 1 unspecified atom stereocenters. The van der Waals surface area contributed by atoms with E-state index in [9.17, 15) is 10.4 Å². The Morgan fingerprint density at radius 1 is 1.37 bits per heavy atom. The molecule has 0 aliphatic carbocycles. The van der Waals surface area contributed by atoms with Gasteiger partial charge in [-0.05, 0) is 37.7 Å². The van der Waals surface area contributed by atoms with Gasteiger partial charge in [-0.15, -0.1) is 0 Å². The smallest absolute Gasteiger partial charge is 0.160 e. The molecule has 0 heterocycles. The van der Waals surface area contributed by atoms with Gasteiger partial charge in [-0.3, -0.25) is 4.90 Å². The summed E-state index contributed by atoms with van der Waals surface area (Å²) < 4.78 is 5.10. The number of ether oxygens (including phenoxy) is 1. The zero-order chi connectivity index (χ0) is 14.5. The summed E-state index contributed by atoms with van der Waals surface area (Å²) in [6, 6.07) is 7.63. The molecule has 1 aromatic carbocycles. The number of likely N-dealkylation sites (N-methyl/N-ethyl adjacent to an activating group) is 1. The predicted molar refractivity (Wildman–Crippen MR) is 75.3 cm³/mol. The van der Waals surface area contributed by atoms with Crippen LogP contribution in [0.15, 0.2) is 18.2 Å². The first-order chi connectivity index (χ1) is 9.00. The van der Waals surface area contributed by atoms with Gasteiger partial charge < -0.3 is 9.84 Å². The van der Waals surface area contributed by atoms with Gasteiger partial charge >= 0.3 is 0 Å². The van der Waals surface area contributed by atoms with Crippen LogP contribution in [-0.2, 0) is 6.42 Å². The highest BCUT2D eigenvalue weighted by Gasteiger charge is 2.30. The maximum absolute atomic E-state index is 9.59. The van der Waals surface area contributed by atoms with Gasteiger partial charge in [0.05, 0.1) is 13.2 Å². The Balaban J connectivity index is 3.02. The summed E-state index contributed by atoms with van der Waals surface area (Å²) in [5, 5.41) is 19.1. The minimum atomic E-state index is -0.550. The Hall–Kier alpha value is -1.73. The number of nitrogens with zero attached hydrogens (tertiary/aromatic N) is 2. The van der Waals surface area contributed by atoms with Crippen molar-refractivity contribution in [1.29, 1.82) is 5.26 Å². The van der Waals surface area contributed by atoms with Crippen molar-refractivity contribution in [3.8, 4) is 17.6 Å². The summed E-state index contributed by atoms with van der Waals surface area (Å²) >= 11 is 0. The predicted octanol–water partition coefficient (Wildman–Crippen LogP) is 2.57. The van der Waals surface area contributed by atoms with E-state index >= 15 is 0 Å². The first kappa shape index (κ1) is 15.3. The molecule has 104 valence electrons. The number of hydrogen-bond donors (Lipinski definition) is 1. The molecule has 0 aromatic heterocycles. The molecule has 1 N–H and O–H groups in total. The zero-order valence-electron chi connectivity index (χ0n) is 12.1. The first-order valence-corrected chi connectivity index (χ1v) is 6.53. The van der Waals surface area contributed by atoms with Crippen molar-refractivity contribution in [3.63, 3.8) is 0 Å². The Kier molecular flexibility index (Phi) is 5.20. The van der Waals surface area contributed by atoms with E-state index in [1.165, 1.54) is 7.11 Å². The molecule has 1 rings (SSSR count). The van der Waals surface area contributed by atoms with Crippen LogP contribution in [0, 0.1) is 11.3 Å². The molecule has 0 aliphatic rings. The molecule has 0 saturated heterocycles. The largest absolute Gasteiger partial charge is 0.504 e. The van der Waals surface area contributed by atoms with Crippen LogP contribution in [0.2, 0.25) is 0 Å². The second-order valence-corrected chi connectivity index (χ2v) is 4.74. The van der Waals surface area contributed by atoms with Crippen LogP contribution in [0.5, 0.6) is 11.5 Å². The van der Waals surface area contributed by atoms with Gasteiger partial charge in [0.1, 0.15) is 5.54 Å². The Labute approximate surface area is 115 Å². The number of aromatic hydroxyl groups is 1. The third-order valence-electron chi connectivity index (χ3n) is 3.49. The Bertz CT molecular complexity index is 464. The normalized spacial score (nSPS) is 13.9. The molecular formula is C15H22N2O2. The molecule has 1 aromatic rings. The van der Waals surface area contributed by atoms with Crippen molar-refractivity contribution < 1.29 is 9.84 Å². The van der Waals surface area contributed by atoms with Crippen molar-refractivity contribution in [1.82, 2.24) is 4.90 Å². The van der Waals surface area contributed by atoms with E-state index in [0.717, 1.165) is 18.7 Å². The van der Waals surface area contributed by atoms with E-state index in [4.69, 9.17) is 4.74 Å². The van der Waals surface area contributed by atoms with E-state index < -0.39 is 5.54 Å². The third kappa shape index (κ3) is 3.39. The topological polar surface area (TPSA) is 56.5 Å². The Morgan fingerprint density at radius 2 is 2.00 bits per heavy atom. The fraction of sp³-hybridized carbons (Fsp3) is 0.533. The van der Waals surface area contributed by atoms with Gasteiger partial charge in [-0.25, -0.2) is 0 Å². The number of rotatable bonds is 6. The van der Waals surface area contributed by atoms with Gasteiger partial charge in [-0.2, -0.15) is 5.26 Å². The molecule has 0 bridgehead atoms. The lowest BCUT2D eigenvalue weighted by atomic mass is 9.92. The number of nitriles is 1. The van der Waals surface area contributed by atoms with Gasteiger partial charge in [0.2, 0.25) is 0 Å². The average molecular weight is 262 g/mol. The van der Waals surface area contributed by atoms with E-state index in [0.29, 0.717) is 12.2 Å². The van der Waals surface area contributed by atoms with Crippen LogP contribution >= 0.6 is 0 Å². The number of methoxy groups -OCH3 is 1. The van der Waals surface area contributed by atoms with Crippen LogP contribution in [0.3, 0.4) is 0 Å². The molecule has 4 heteroatoms. The lowest BCUT2D eigenvalue weighted by Crippen LogP contribution is -2.46.